The first-order valence-corrected chi connectivity index (χ1v) is 10.1. The Labute approximate surface area is 175 Å². The Hall–Kier alpha value is -2.39. The molecule has 2 aromatic carbocycles. The molecule has 0 radical (unpaired) electrons. The van der Waals surface area contributed by atoms with Crippen LogP contribution < -0.4 is 5.32 Å². The van der Waals surface area contributed by atoms with E-state index < -0.39 is 23.4 Å². The third-order valence-electron chi connectivity index (χ3n) is 3.86. The van der Waals surface area contributed by atoms with Crippen molar-refractivity contribution in [2.45, 2.75) is 25.2 Å². The van der Waals surface area contributed by atoms with Gasteiger partial charge in [-0.15, -0.1) is 11.8 Å². The van der Waals surface area contributed by atoms with Gasteiger partial charge in [-0.05, 0) is 59.1 Å². The summed E-state index contributed by atoms with van der Waals surface area (Å²) in [5.41, 5.74) is 2.67. The summed E-state index contributed by atoms with van der Waals surface area (Å²) in [4.78, 5) is 35.0. The van der Waals surface area contributed by atoms with Gasteiger partial charge in [0.05, 0.1) is 17.0 Å². The van der Waals surface area contributed by atoms with Gasteiger partial charge in [0.2, 0.25) is 0 Å². The molecule has 0 aliphatic rings. The maximum absolute atomic E-state index is 11.9. The number of nitrogens with zero attached hydrogens (tertiary/aromatic N) is 1. The molecule has 0 saturated heterocycles. The van der Waals surface area contributed by atoms with Crippen LogP contribution in [0.25, 0.3) is 0 Å². The summed E-state index contributed by atoms with van der Waals surface area (Å²) >= 11 is 4.71. The molecule has 9 heteroatoms. The van der Waals surface area contributed by atoms with Crippen LogP contribution in [0.3, 0.4) is 0 Å². The van der Waals surface area contributed by atoms with Crippen molar-refractivity contribution in [2.75, 3.05) is 17.7 Å². The van der Waals surface area contributed by atoms with Crippen LogP contribution in [0.4, 0.5) is 11.4 Å². The monoisotopic (exact) mass is 466 g/mol. The number of nitrogens with one attached hydrogen (secondary N) is 1. The highest BCUT2D eigenvalue weighted by Crippen LogP contribution is 2.27. The number of rotatable bonds is 8. The second-order valence-electron chi connectivity index (χ2n) is 5.97. The Kier molecular flexibility index (Phi) is 8.01. The van der Waals surface area contributed by atoms with Gasteiger partial charge in [0.15, 0.2) is 6.61 Å². The molecule has 0 aromatic heterocycles. The average molecular weight is 467 g/mol. The van der Waals surface area contributed by atoms with E-state index in [2.05, 4.69) is 27.3 Å². The Balaban J connectivity index is 1.74. The molecule has 0 saturated carbocycles. The van der Waals surface area contributed by atoms with Gasteiger partial charge in [-0.2, -0.15) is 0 Å². The lowest BCUT2D eigenvalue weighted by atomic mass is 10.1. The zero-order valence-corrected chi connectivity index (χ0v) is 17.8. The minimum atomic E-state index is -0.534. The quantitative estimate of drug-likeness (QED) is 0.263. The van der Waals surface area contributed by atoms with E-state index in [4.69, 9.17) is 4.74 Å². The van der Waals surface area contributed by atoms with Crippen molar-refractivity contribution < 1.29 is 19.2 Å². The fraction of sp³-hybridized carbons (Fsp3) is 0.263. The highest BCUT2D eigenvalue weighted by Gasteiger charge is 2.13. The molecule has 7 nitrogen and oxygen atoms in total. The summed E-state index contributed by atoms with van der Waals surface area (Å²) in [6.07, 6.45) is 0.187. The van der Waals surface area contributed by atoms with Gasteiger partial charge < -0.3 is 10.1 Å². The number of ether oxygens (including phenoxy) is 1. The topological polar surface area (TPSA) is 98.5 Å². The number of non-ortho nitro benzene ring substituents is 1. The maximum Gasteiger partial charge on any atom is 0.307 e. The molecule has 1 amide bonds. The highest BCUT2D eigenvalue weighted by atomic mass is 79.9. The van der Waals surface area contributed by atoms with E-state index in [1.54, 1.807) is 11.8 Å². The highest BCUT2D eigenvalue weighted by molar-refractivity contribution is 9.10. The van der Waals surface area contributed by atoms with E-state index >= 15 is 0 Å². The Morgan fingerprint density at radius 2 is 1.93 bits per heavy atom. The first-order chi connectivity index (χ1) is 13.3. The number of aryl methyl sites for hydroxylation is 2. The molecule has 0 spiro atoms. The Bertz CT molecular complexity index is 904. The molecule has 148 valence electrons. The normalized spacial score (nSPS) is 10.4. The van der Waals surface area contributed by atoms with E-state index in [0.717, 1.165) is 4.90 Å². The van der Waals surface area contributed by atoms with E-state index in [0.29, 0.717) is 15.9 Å². The standard InChI is InChI=1S/C19H19BrN2O5S/c1-12-3-5-15(9-13(12)2)28-8-7-19(24)27-11-18(23)21-17-6-4-14(22(25)26)10-16(17)20/h3-6,9-10H,7-8,11H2,1-2H3,(H,21,23). The van der Waals surface area contributed by atoms with Crippen molar-refractivity contribution >= 4 is 50.9 Å². The minimum absolute atomic E-state index is 0.0995. The third-order valence-corrected chi connectivity index (χ3v) is 5.51. The average Bonchev–Trinajstić information content (AvgIpc) is 2.64. The zero-order valence-electron chi connectivity index (χ0n) is 15.4. The number of carbonyl (C=O) groups is 2. The number of amides is 1. The van der Waals surface area contributed by atoms with Gasteiger partial charge in [0.1, 0.15) is 0 Å². The molecular weight excluding hydrogens is 448 g/mol. The van der Waals surface area contributed by atoms with Gasteiger partial charge in [-0.25, -0.2) is 0 Å². The number of esters is 1. The van der Waals surface area contributed by atoms with Gasteiger partial charge in [-0.3, -0.25) is 19.7 Å². The summed E-state index contributed by atoms with van der Waals surface area (Å²) in [7, 11) is 0. The van der Waals surface area contributed by atoms with Crippen LogP contribution in [0.1, 0.15) is 17.5 Å². The number of thioether (sulfide) groups is 1. The van der Waals surface area contributed by atoms with Crippen LogP contribution in [-0.2, 0) is 14.3 Å². The largest absolute Gasteiger partial charge is 0.456 e. The minimum Gasteiger partial charge on any atom is -0.456 e. The third kappa shape index (κ3) is 6.65. The first-order valence-electron chi connectivity index (χ1n) is 8.35. The SMILES string of the molecule is Cc1ccc(SCCC(=O)OCC(=O)Nc2ccc([N+](=O)[O-])cc2Br)cc1C. The van der Waals surface area contributed by atoms with Crippen molar-refractivity contribution in [2.24, 2.45) is 0 Å². The van der Waals surface area contributed by atoms with Crippen LogP contribution >= 0.6 is 27.7 Å². The number of carbonyl (C=O) groups excluding carboxylic acids is 2. The number of anilines is 1. The van der Waals surface area contributed by atoms with Crippen molar-refractivity contribution in [1.29, 1.82) is 0 Å². The van der Waals surface area contributed by atoms with Crippen molar-refractivity contribution in [3.05, 3.63) is 62.1 Å². The van der Waals surface area contributed by atoms with Crippen LogP contribution in [0.5, 0.6) is 0 Å². The molecule has 0 heterocycles. The summed E-state index contributed by atoms with van der Waals surface area (Å²) < 4.78 is 5.34. The molecular formula is C19H19BrN2O5S. The molecule has 0 aliphatic carbocycles. The maximum atomic E-state index is 11.9. The van der Waals surface area contributed by atoms with Crippen molar-refractivity contribution in [3.63, 3.8) is 0 Å². The summed E-state index contributed by atoms with van der Waals surface area (Å²) in [6.45, 7) is 3.66. The molecule has 0 unspecified atom stereocenters. The van der Waals surface area contributed by atoms with Gasteiger partial charge >= 0.3 is 5.97 Å². The zero-order chi connectivity index (χ0) is 20.7. The predicted molar refractivity (Wildman–Crippen MR) is 112 cm³/mol. The van der Waals surface area contributed by atoms with Crippen molar-refractivity contribution in [3.8, 4) is 0 Å². The fourth-order valence-electron chi connectivity index (χ4n) is 2.18. The van der Waals surface area contributed by atoms with E-state index in [-0.39, 0.29) is 12.1 Å². The smallest absolute Gasteiger partial charge is 0.307 e. The van der Waals surface area contributed by atoms with E-state index in [1.807, 2.05) is 26.0 Å². The lowest BCUT2D eigenvalue weighted by Gasteiger charge is -2.08. The van der Waals surface area contributed by atoms with E-state index in [9.17, 15) is 19.7 Å². The second-order valence-corrected chi connectivity index (χ2v) is 8.00. The number of nitro benzene ring substituents is 1. The van der Waals surface area contributed by atoms with Crippen LogP contribution in [0.15, 0.2) is 45.8 Å². The predicted octanol–water partition coefficient (Wildman–Crippen LogP) is 4.64. The van der Waals surface area contributed by atoms with Crippen molar-refractivity contribution in [1.82, 2.24) is 0 Å². The molecule has 2 aromatic rings. The number of nitro groups is 1. The second kappa shape index (κ2) is 10.2. The number of hydrogen-bond donors (Lipinski definition) is 1. The van der Waals surface area contributed by atoms with Gasteiger partial charge in [0, 0.05) is 27.3 Å². The number of benzene rings is 2. The molecule has 1 N–H and O–H groups in total. The molecule has 0 atom stereocenters. The molecule has 0 bridgehead atoms. The lowest BCUT2D eigenvalue weighted by molar-refractivity contribution is -0.384. The fourth-order valence-corrected chi connectivity index (χ4v) is 3.57. The molecule has 0 fully saturated rings. The van der Waals surface area contributed by atoms with Crippen LogP contribution in [0, 0.1) is 24.0 Å². The van der Waals surface area contributed by atoms with Gasteiger partial charge in [0.25, 0.3) is 11.6 Å². The molecule has 2 rings (SSSR count). The Morgan fingerprint density at radius 1 is 1.18 bits per heavy atom. The first kappa shape index (κ1) is 21.9. The lowest BCUT2D eigenvalue weighted by Crippen LogP contribution is -2.21. The number of hydrogen-bond acceptors (Lipinski definition) is 6. The summed E-state index contributed by atoms with van der Waals surface area (Å²) in [5.74, 6) is -0.435. The Morgan fingerprint density at radius 3 is 2.57 bits per heavy atom. The summed E-state index contributed by atoms with van der Waals surface area (Å²) in [6, 6.07) is 10.1. The van der Waals surface area contributed by atoms with E-state index in [1.165, 1.54) is 29.3 Å². The molecule has 28 heavy (non-hydrogen) atoms. The van der Waals surface area contributed by atoms with Crippen LogP contribution in [-0.4, -0.2) is 29.2 Å². The number of halogens is 1. The summed E-state index contributed by atoms with van der Waals surface area (Å²) in [5, 5.41) is 13.2. The molecule has 0 aliphatic heterocycles. The van der Waals surface area contributed by atoms with Crippen LogP contribution in [0.2, 0.25) is 0 Å². The van der Waals surface area contributed by atoms with Gasteiger partial charge in [-0.1, -0.05) is 6.07 Å².